The maximum atomic E-state index is 8.92. The Balaban J connectivity index is 2.49. The van der Waals surface area contributed by atoms with Gasteiger partial charge in [-0.1, -0.05) is 34.1 Å². The first-order valence-electron chi connectivity index (χ1n) is 6.88. The average molecular weight is 344 g/mol. The normalized spacial score (nSPS) is 11.7. The third-order valence-corrected chi connectivity index (χ3v) is 3.78. The molecule has 108 valence electrons. The van der Waals surface area contributed by atoms with E-state index < -0.39 is 0 Å². The van der Waals surface area contributed by atoms with Crippen LogP contribution in [0.2, 0.25) is 0 Å². The van der Waals surface area contributed by atoms with E-state index in [1.165, 1.54) is 0 Å². The van der Waals surface area contributed by atoms with Crippen molar-refractivity contribution in [3.8, 4) is 6.07 Å². The number of halogens is 1. The molecule has 0 aromatic heterocycles. The van der Waals surface area contributed by atoms with Crippen LogP contribution in [0, 0.1) is 11.3 Å². The summed E-state index contributed by atoms with van der Waals surface area (Å²) in [5, 5.41) is 8.92. The van der Waals surface area contributed by atoms with Crippen molar-refractivity contribution < 1.29 is 0 Å². The molecule has 0 aliphatic carbocycles. The highest BCUT2D eigenvalue weighted by atomic mass is 79.9. The van der Waals surface area contributed by atoms with Gasteiger partial charge < -0.3 is 10.6 Å². The predicted octanol–water partition coefficient (Wildman–Crippen LogP) is 4.52. The van der Waals surface area contributed by atoms with Crippen LogP contribution in [0.15, 0.2) is 53.0 Å². The Kier molecular flexibility index (Phi) is 5.38. The van der Waals surface area contributed by atoms with Gasteiger partial charge in [0.25, 0.3) is 0 Å². The molecule has 0 spiro atoms. The highest BCUT2D eigenvalue weighted by Gasteiger charge is 2.15. The van der Waals surface area contributed by atoms with E-state index in [-0.39, 0.29) is 6.04 Å². The number of rotatable bonds is 5. The molecule has 2 aromatic carbocycles. The lowest BCUT2D eigenvalue weighted by molar-refractivity contribution is 0.807. The van der Waals surface area contributed by atoms with Gasteiger partial charge in [0.05, 0.1) is 12.5 Å². The summed E-state index contributed by atoms with van der Waals surface area (Å²) in [4.78, 5) is 2.15. The summed E-state index contributed by atoms with van der Waals surface area (Å²) in [5.41, 5.74) is 9.29. The summed E-state index contributed by atoms with van der Waals surface area (Å²) in [6.07, 6.45) is 0.462. The Morgan fingerprint density at radius 2 is 1.95 bits per heavy atom. The van der Waals surface area contributed by atoms with Crippen LogP contribution in [-0.4, -0.2) is 6.54 Å². The van der Waals surface area contributed by atoms with Gasteiger partial charge in [0.2, 0.25) is 0 Å². The molecule has 0 radical (unpaired) electrons. The van der Waals surface area contributed by atoms with Gasteiger partial charge in [0.15, 0.2) is 0 Å². The third kappa shape index (κ3) is 3.84. The fourth-order valence-corrected chi connectivity index (χ4v) is 2.67. The Labute approximate surface area is 134 Å². The zero-order valence-electron chi connectivity index (χ0n) is 12.0. The number of benzene rings is 2. The largest absolute Gasteiger partial charge is 0.340 e. The molecular formula is C17H18BrN3. The van der Waals surface area contributed by atoms with E-state index in [1.807, 2.05) is 55.5 Å². The summed E-state index contributed by atoms with van der Waals surface area (Å²) in [7, 11) is 0. The Morgan fingerprint density at radius 1 is 1.24 bits per heavy atom. The molecule has 1 atom stereocenters. The van der Waals surface area contributed by atoms with Gasteiger partial charge in [0, 0.05) is 28.4 Å². The van der Waals surface area contributed by atoms with Crippen molar-refractivity contribution in [2.45, 2.75) is 19.4 Å². The lowest BCUT2D eigenvalue weighted by Crippen LogP contribution is -2.21. The van der Waals surface area contributed by atoms with Gasteiger partial charge in [-0.05, 0) is 42.8 Å². The standard InChI is InChI=1S/C17H18BrN3/c1-13(20)16-12-14(18)8-9-17(16)21(11-5-10-19)15-6-3-2-4-7-15/h2-4,6-9,12-13H,5,11,20H2,1H3. The van der Waals surface area contributed by atoms with Crippen molar-refractivity contribution in [2.24, 2.45) is 5.73 Å². The molecule has 2 rings (SSSR count). The van der Waals surface area contributed by atoms with Gasteiger partial charge in [0.1, 0.15) is 0 Å². The van der Waals surface area contributed by atoms with Crippen LogP contribution in [0.25, 0.3) is 0 Å². The van der Waals surface area contributed by atoms with Crippen molar-refractivity contribution in [2.75, 3.05) is 11.4 Å². The van der Waals surface area contributed by atoms with Gasteiger partial charge in [-0.15, -0.1) is 0 Å². The van der Waals surface area contributed by atoms with Gasteiger partial charge in [-0.25, -0.2) is 0 Å². The van der Waals surface area contributed by atoms with Crippen LogP contribution in [0.5, 0.6) is 0 Å². The Bertz CT molecular complexity index is 632. The second-order valence-electron chi connectivity index (χ2n) is 4.89. The minimum atomic E-state index is -0.0780. The second kappa shape index (κ2) is 7.26. The van der Waals surface area contributed by atoms with Crippen molar-refractivity contribution in [3.05, 3.63) is 58.6 Å². The lowest BCUT2D eigenvalue weighted by Gasteiger charge is -2.28. The minimum absolute atomic E-state index is 0.0780. The van der Waals surface area contributed by atoms with Gasteiger partial charge in [-0.3, -0.25) is 0 Å². The maximum Gasteiger partial charge on any atom is 0.0640 e. The van der Waals surface area contributed by atoms with Crippen LogP contribution in [-0.2, 0) is 0 Å². The summed E-state index contributed by atoms with van der Waals surface area (Å²) >= 11 is 3.50. The number of nitriles is 1. The summed E-state index contributed by atoms with van der Waals surface area (Å²) in [5.74, 6) is 0. The first-order valence-corrected chi connectivity index (χ1v) is 7.67. The number of nitrogens with two attached hydrogens (primary N) is 1. The Morgan fingerprint density at radius 3 is 2.57 bits per heavy atom. The van der Waals surface area contributed by atoms with E-state index in [9.17, 15) is 0 Å². The first kappa shape index (κ1) is 15.6. The molecule has 3 nitrogen and oxygen atoms in total. The number of anilines is 2. The Hall–Kier alpha value is -1.83. The molecule has 0 saturated carbocycles. The van der Waals surface area contributed by atoms with Crippen molar-refractivity contribution in [3.63, 3.8) is 0 Å². The molecule has 0 heterocycles. The summed E-state index contributed by atoms with van der Waals surface area (Å²) in [6.45, 7) is 2.61. The van der Waals surface area contributed by atoms with Gasteiger partial charge in [-0.2, -0.15) is 5.26 Å². The quantitative estimate of drug-likeness (QED) is 0.868. The molecule has 0 amide bonds. The lowest BCUT2D eigenvalue weighted by atomic mass is 10.0. The highest BCUT2D eigenvalue weighted by Crippen LogP contribution is 2.33. The minimum Gasteiger partial charge on any atom is -0.340 e. The van der Waals surface area contributed by atoms with E-state index >= 15 is 0 Å². The first-order chi connectivity index (χ1) is 10.1. The second-order valence-corrected chi connectivity index (χ2v) is 5.80. The van der Waals surface area contributed by atoms with Crippen LogP contribution < -0.4 is 10.6 Å². The number of hydrogen-bond acceptors (Lipinski definition) is 3. The smallest absolute Gasteiger partial charge is 0.0640 e. The van der Waals surface area contributed by atoms with Crippen molar-refractivity contribution in [1.82, 2.24) is 0 Å². The molecule has 4 heteroatoms. The van der Waals surface area contributed by atoms with Crippen LogP contribution in [0.3, 0.4) is 0 Å². The van der Waals surface area contributed by atoms with E-state index in [2.05, 4.69) is 26.9 Å². The SMILES string of the molecule is CC(N)c1cc(Br)ccc1N(CCC#N)c1ccccc1. The van der Waals surface area contributed by atoms with Crippen LogP contribution in [0.1, 0.15) is 24.9 Å². The molecule has 0 saturated heterocycles. The molecule has 0 bridgehead atoms. The van der Waals surface area contributed by atoms with Crippen molar-refractivity contribution >= 4 is 27.3 Å². The summed E-state index contributed by atoms with van der Waals surface area (Å²) < 4.78 is 1.01. The fraction of sp³-hybridized carbons (Fsp3) is 0.235. The summed E-state index contributed by atoms with van der Waals surface area (Å²) in [6, 6.07) is 18.3. The zero-order valence-corrected chi connectivity index (χ0v) is 13.5. The van der Waals surface area contributed by atoms with E-state index in [1.54, 1.807) is 0 Å². The van der Waals surface area contributed by atoms with Crippen molar-refractivity contribution in [1.29, 1.82) is 5.26 Å². The predicted molar refractivity (Wildman–Crippen MR) is 90.4 cm³/mol. The number of nitrogens with zero attached hydrogens (tertiary/aromatic N) is 2. The topological polar surface area (TPSA) is 53.0 Å². The molecule has 1 unspecified atom stereocenters. The monoisotopic (exact) mass is 343 g/mol. The zero-order chi connectivity index (χ0) is 15.2. The maximum absolute atomic E-state index is 8.92. The molecule has 2 aromatic rings. The molecule has 0 aliphatic heterocycles. The molecule has 0 fully saturated rings. The average Bonchev–Trinajstić information content (AvgIpc) is 2.49. The molecule has 2 N–H and O–H groups in total. The fourth-order valence-electron chi connectivity index (χ4n) is 2.29. The van der Waals surface area contributed by atoms with E-state index in [4.69, 9.17) is 11.0 Å². The van der Waals surface area contributed by atoms with Crippen LogP contribution >= 0.6 is 15.9 Å². The highest BCUT2D eigenvalue weighted by molar-refractivity contribution is 9.10. The van der Waals surface area contributed by atoms with Crippen LogP contribution in [0.4, 0.5) is 11.4 Å². The van der Waals surface area contributed by atoms with Gasteiger partial charge >= 0.3 is 0 Å². The molecule has 0 aliphatic rings. The van der Waals surface area contributed by atoms with E-state index in [0.717, 1.165) is 21.4 Å². The van der Waals surface area contributed by atoms with E-state index in [0.29, 0.717) is 13.0 Å². The third-order valence-electron chi connectivity index (χ3n) is 3.29. The molecule has 21 heavy (non-hydrogen) atoms. The number of hydrogen-bond donors (Lipinski definition) is 1. The number of para-hydroxylation sites is 1. The molecular weight excluding hydrogens is 326 g/mol.